The summed E-state index contributed by atoms with van der Waals surface area (Å²) < 4.78 is 4.75. The van der Waals surface area contributed by atoms with Gasteiger partial charge in [-0.15, -0.1) is 0 Å². The number of carbonyl (C=O) groups excluding carboxylic acids is 1. The van der Waals surface area contributed by atoms with Gasteiger partial charge in [-0.05, 0) is 42.2 Å². The molecule has 2 aromatic carbocycles. The summed E-state index contributed by atoms with van der Waals surface area (Å²) in [5, 5.41) is 0. The lowest BCUT2D eigenvalue weighted by molar-refractivity contribution is 0.0600. The van der Waals surface area contributed by atoms with Gasteiger partial charge in [0.15, 0.2) is 0 Å². The summed E-state index contributed by atoms with van der Waals surface area (Å²) in [7, 11) is 1.40. The van der Waals surface area contributed by atoms with Crippen molar-refractivity contribution in [1.82, 2.24) is 0 Å². The molecule has 0 fully saturated rings. The minimum Gasteiger partial charge on any atom is -0.465 e. The molecule has 0 spiro atoms. The van der Waals surface area contributed by atoms with Crippen LogP contribution < -0.4 is 0 Å². The number of hydrogen-bond acceptors (Lipinski definition) is 2. The molecule has 0 atom stereocenters. The second-order valence-electron chi connectivity index (χ2n) is 4.34. The van der Waals surface area contributed by atoms with Crippen molar-refractivity contribution in [3.63, 3.8) is 0 Å². The number of benzene rings is 2. The van der Waals surface area contributed by atoms with Gasteiger partial charge in [-0.1, -0.05) is 36.4 Å². The first-order chi connectivity index (χ1) is 8.63. The van der Waals surface area contributed by atoms with Crippen molar-refractivity contribution in [1.29, 1.82) is 0 Å². The van der Waals surface area contributed by atoms with Crippen molar-refractivity contribution < 1.29 is 9.53 Å². The third-order valence-electron chi connectivity index (χ3n) is 3.09. The Labute approximate surface area is 107 Å². The van der Waals surface area contributed by atoms with Gasteiger partial charge in [0.1, 0.15) is 0 Å². The lowest BCUT2D eigenvalue weighted by Crippen LogP contribution is -2.03. The van der Waals surface area contributed by atoms with Crippen LogP contribution in [0, 0.1) is 13.8 Å². The minimum absolute atomic E-state index is 0.288. The van der Waals surface area contributed by atoms with Crippen LogP contribution in [0.15, 0.2) is 42.5 Å². The molecule has 0 N–H and O–H groups in total. The molecular weight excluding hydrogens is 224 g/mol. The summed E-state index contributed by atoms with van der Waals surface area (Å²) in [5.41, 5.74) is 5.09. The van der Waals surface area contributed by atoms with E-state index in [2.05, 4.69) is 19.1 Å². The third kappa shape index (κ3) is 2.28. The molecule has 2 heteroatoms. The molecule has 0 unspecified atom stereocenters. The summed E-state index contributed by atoms with van der Waals surface area (Å²) in [6.07, 6.45) is 0. The van der Waals surface area contributed by atoms with E-state index in [1.807, 2.05) is 37.3 Å². The molecule has 0 aromatic heterocycles. The number of rotatable bonds is 2. The number of carbonyl (C=O) groups is 1. The van der Waals surface area contributed by atoms with Crippen LogP contribution in [0.2, 0.25) is 0 Å². The van der Waals surface area contributed by atoms with Gasteiger partial charge in [0, 0.05) is 0 Å². The van der Waals surface area contributed by atoms with E-state index in [0.717, 1.165) is 11.1 Å². The number of hydrogen-bond donors (Lipinski definition) is 0. The predicted molar refractivity (Wildman–Crippen MR) is 72.7 cm³/mol. The fraction of sp³-hybridized carbons (Fsp3) is 0.188. The van der Waals surface area contributed by atoms with Crippen LogP contribution in [0.1, 0.15) is 21.5 Å². The zero-order valence-corrected chi connectivity index (χ0v) is 10.9. The first kappa shape index (κ1) is 12.4. The van der Waals surface area contributed by atoms with Crippen LogP contribution in [-0.2, 0) is 4.74 Å². The molecule has 0 bridgehead atoms. The highest BCUT2D eigenvalue weighted by atomic mass is 16.5. The quantitative estimate of drug-likeness (QED) is 0.747. The van der Waals surface area contributed by atoms with Gasteiger partial charge >= 0.3 is 5.97 Å². The Kier molecular flexibility index (Phi) is 3.47. The van der Waals surface area contributed by atoms with E-state index in [1.54, 1.807) is 0 Å². The molecule has 0 amide bonds. The predicted octanol–water partition coefficient (Wildman–Crippen LogP) is 3.76. The van der Waals surface area contributed by atoms with E-state index < -0.39 is 0 Å². The van der Waals surface area contributed by atoms with Crippen LogP contribution >= 0.6 is 0 Å². The SMILES string of the molecule is COC(=O)c1ccc(-c2ccccc2C)cc1C. The third-order valence-corrected chi connectivity index (χ3v) is 3.09. The molecule has 0 radical (unpaired) electrons. The van der Waals surface area contributed by atoms with Gasteiger partial charge < -0.3 is 4.74 Å². The molecular formula is C16H16O2. The average molecular weight is 240 g/mol. The van der Waals surface area contributed by atoms with Crippen LogP contribution in [0.5, 0.6) is 0 Å². The van der Waals surface area contributed by atoms with Crippen molar-refractivity contribution in [3.8, 4) is 11.1 Å². The van der Waals surface area contributed by atoms with E-state index in [1.165, 1.54) is 18.2 Å². The highest BCUT2D eigenvalue weighted by molar-refractivity contribution is 5.91. The zero-order chi connectivity index (χ0) is 13.1. The molecule has 92 valence electrons. The Morgan fingerprint density at radius 2 is 1.72 bits per heavy atom. The van der Waals surface area contributed by atoms with Gasteiger partial charge in [-0.3, -0.25) is 0 Å². The zero-order valence-electron chi connectivity index (χ0n) is 10.9. The fourth-order valence-corrected chi connectivity index (χ4v) is 2.07. The monoisotopic (exact) mass is 240 g/mol. The van der Waals surface area contributed by atoms with Gasteiger partial charge in [0.25, 0.3) is 0 Å². The lowest BCUT2D eigenvalue weighted by Gasteiger charge is -2.09. The molecule has 0 heterocycles. The Balaban J connectivity index is 2.47. The Bertz CT molecular complexity index is 585. The van der Waals surface area contributed by atoms with Gasteiger partial charge in [-0.2, -0.15) is 0 Å². The van der Waals surface area contributed by atoms with E-state index in [4.69, 9.17) is 4.74 Å². The largest absolute Gasteiger partial charge is 0.465 e. The molecule has 18 heavy (non-hydrogen) atoms. The second-order valence-corrected chi connectivity index (χ2v) is 4.34. The maximum atomic E-state index is 11.5. The maximum absolute atomic E-state index is 11.5. The number of methoxy groups -OCH3 is 1. The van der Waals surface area contributed by atoms with E-state index in [9.17, 15) is 4.79 Å². The first-order valence-corrected chi connectivity index (χ1v) is 5.88. The summed E-state index contributed by atoms with van der Waals surface area (Å²) in [5.74, 6) is -0.288. The summed E-state index contributed by atoms with van der Waals surface area (Å²) in [4.78, 5) is 11.5. The van der Waals surface area contributed by atoms with E-state index >= 15 is 0 Å². The Morgan fingerprint density at radius 3 is 2.33 bits per heavy atom. The summed E-state index contributed by atoms with van der Waals surface area (Å²) in [6.45, 7) is 4.01. The van der Waals surface area contributed by atoms with Crippen molar-refractivity contribution in [2.75, 3.05) is 7.11 Å². The molecule has 0 saturated carbocycles. The Morgan fingerprint density at radius 1 is 1.00 bits per heavy atom. The van der Waals surface area contributed by atoms with Crippen molar-refractivity contribution >= 4 is 5.97 Å². The molecule has 0 aliphatic rings. The van der Waals surface area contributed by atoms with E-state index in [-0.39, 0.29) is 5.97 Å². The van der Waals surface area contributed by atoms with Gasteiger partial charge in [0.05, 0.1) is 12.7 Å². The van der Waals surface area contributed by atoms with Crippen molar-refractivity contribution in [2.24, 2.45) is 0 Å². The van der Waals surface area contributed by atoms with Crippen molar-refractivity contribution in [3.05, 3.63) is 59.2 Å². The number of esters is 1. The average Bonchev–Trinajstić information content (AvgIpc) is 2.38. The molecule has 0 aliphatic carbocycles. The highest BCUT2D eigenvalue weighted by Gasteiger charge is 2.10. The smallest absolute Gasteiger partial charge is 0.338 e. The lowest BCUT2D eigenvalue weighted by atomic mass is 9.97. The molecule has 2 aromatic rings. The van der Waals surface area contributed by atoms with Crippen LogP contribution in [0.3, 0.4) is 0 Å². The minimum atomic E-state index is -0.288. The maximum Gasteiger partial charge on any atom is 0.338 e. The molecule has 0 aliphatic heterocycles. The highest BCUT2D eigenvalue weighted by Crippen LogP contribution is 2.25. The summed E-state index contributed by atoms with van der Waals surface area (Å²) >= 11 is 0. The van der Waals surface area contributed by atoms with Gasteiger partial charge in [0.2, 0.25) is 0 Å². The number of aryl methyl sites for hydroxylation is 2. The van der Waals surface area contributed by atoms with E-state index in [0.29, 0.717) is 5.56 Å². The number of ether oxygens (including phenoxy) is 1. The fourth-order valence-electron chi connectivity index (χ4n) is 2.07. The van der Waals surface area contributed by atoms with Gasteiger partial charge in [-0.25, -0.2) is 4.79 Å². The van der Waals surface area contributed by atoms with Crippen molar-refractivity contribution in [2.45, 2.75) is 13.8 Å². The normalized spacial score (nSPS) is 10.2. The molecule has 0 saturated heterocycles. The summed E-state index contributed by atoms with van der Waals surface area (Å²) in [6, 6.07) is 14.0. The van der Waals surface area contributed by atoms with Crippen LogP contribution in [-0.4, -0.2) is 13.1 Å². The van der Waals surface area contributed by atoms with Crippen LogP contribution in [0.25, 0.3) is 11.1 Å². The Hall–Kier alpha value is -2.09. The first-order valence-electron chi connectivity index (χ1n) is 5.88. The molecule has 2 rings (SSSR count). The second kappa shape index (κ2) is 5.05. The van der Waals surface area contributed by atoms with Crippen LogP contribution in [0.4, 0.5) is 0 Å². The molecule has 2 nitrogen and oxygen atoms in total. The standard InChI is InChI=1S/C16H16O2/c1-11-6-4-5-7-14(11)13-8-9-15(12(2)10-13)16(17)18-3/h4-10H,1-3H3. The topological polar surface area (TPSA) is 26.3 Å².